The van der Waals surface area contributed by atoms with E-state index in [0.29, 0.717) is 16.3 Å². The number of rotatable bonds is 4. The number of halogens is 1. The van der Waals surface area contributed by atoms with Gasteiger partial charge in [0.15, 0.2) is 0 Å². The highest BCUT2D eigenvalue weighted by atomic mass is 35.5. The summed E-state index contributed by atoms with van der Waals surface area (Å²) in [4.78, 5) is 25.2. The lowest BCUT2D eigenvalue weighted by Crippen LogP contribution is -2.43. The quantitative estimate of drug-likeness (QED) is 0.818. The second-order valence-electron chi connectivity index (χ2n) is 6.26. The summed E-state index contributed by atoms with van der Waals surface area (Å²) in [5.41, 5.74) is 2.84. The molecule has 0 aliphatic carbocycles. The molecule has 7 heteroatoms. The number of hydrogen-bond donors (Lipinski definition) is 1. The Kier molecular flexibility index (Phi) is 4.47. The molecule has 2 heterocycles. The van der Waals surface area contributed by atoms with Crippen molar-refractivity contribution in [3.05, 3.63) is 64.2 Å². The third-order valence-electron chi connectivity index (χ3n) is 4.52. The van der Waals surface area contributed by atoms with Crippen molar-refractivity contribution in [2.45, 2.75) is 5.79 Å². The molecule has 0 saturated carbocycles. The highest BCUT2D eigenvalue weighted by molar-refractivity contribution is 6.30. The monoisotopic (exact) mass is 385 g/mol. The molecule has 0 atom stereocenters. The fraction of sp³-hybridized carbons (Fsp3) is 0.200. The minimum absolute atomic E-state index is 0.275. The number of aliphatic carboxylic acids is 1. The maximum Gasteiger partial charge on any atom is 0.323 e. The van der Waals surface area contributed by atoms with Crippen LogP contribution in [-0.2, 0) is 24.8 Å². The molecular weight excluding hydrogens is 370 g/mol. The van der Waals surface area contributed by atoms with Gasteiger partial charge in [-0.05, 0) is 35.4 Å². The van der Waals surface area contributed by atoms with Crippen LogP contribution in [0.3, 0.4) is 0 Å². The van der Waals surface area contributed by atoms with E-state index in [0.717, 1.165) is 11.1 Å². The van der Waals surface area contributed by atoms with Crippen molar-refractivity contribution in [1.82, 2.24) is 0 Å². The number of anilines is 1. The Morgan fingerprint density at radius 3 is 2.41 bits per heavy atom. The number of nitrogens with zero attached hydrogens (tertiary/aromatic N) is 1. The zero-order valence-electron chi connectivity index (χ0n) is 14.2. The van der Waals surface area contributed by atoms with Crippen molar-refractivity contribution in [2.75, 3.05) is 24.7 Å². The van der Waals surface area contributed by atoms with Crippen molar-refractivity contribution in [3.8, 4) is 0 Å². The summed E-state index contributed by atoms with van der Waals surface area (Å²) >= 11 is 5.90. The van der Waals surface area contributed by atoms with Crippen LogP contribution < -0.4 is 4.90 Å². The van der Waals surface area contributed by atoms with Gasteiger partial charge in [-0.3, -0.25) is 14.5 Å². The van der Waals surface area contributed by atoms with E-state index in [1.165, 1.54) is 4.90 Å². The molecule has 1 spiro atoms. The van der Waals surface area contributed by atoms with Crippen LogP contribution in [0.4, 0.5) is 5.69 Å². The molecule has 1 N–H and O–H groups in total. The van der Waals surface area contributed by atoms with Gasteiger partial charge in [-0.2, -0.15) is 0 Å². The average Bonchev–Trinajstić information content (AvgIpc) is 3.22. The topological polar surface area (TPSA) is 76.1 Å². The number of carboxylic acids is 1. The van der Waals surface area contributed by atoms with Gasteiger partial charge in [0.05, 0.1) is 18.9 Å². The largest absolute Gasteiger partial charge is 0.480 e. The third kappa shape index (κ3) is 3.12. The standard InChI is InChI=1S/C20H16ClNO5/c21-15-6-3-13(4-7-15)1-2-14-5-8-17-16(11-14)20(26-9-10-27-20)19(25)22(17)12-18(23)24/h1-8,11H,9-10,12H2,(H,23,24)/b2-1+. The van der Waals surface area contributed by atoms with E-state index in [-0.39, 0.29) is 13.2 Å². The van der Waals surface area contributed by atoms with E-state index >= 15 is 0 Å². The van der Waals surface area contributed by atoms with E-state index in [2.05, 4.69) is 0 Å². The molecule has 27 heavy (non-hydrogen) atoms. The van der Waals surface area contributed by atoms with Crippen LogP contribution in [0.5, 0.6) is 0 Å². The molecule has 0 bridgehead atoms. The zero-order valence-corrected chi connectivity index (χ0v) is 15.0. The fourth-order valence-electron chi connectivity index (χ4n) is 3.31. The zero-order chi connectivity index (χ0) is 19.0. The lowest BCUT2D eigenvalue weighted by Gasteiger charge is -2.21. The van der Waals surface area contributed by atoms with Crippen LogP contribution in [-0.4, -0.2) is 36.7 Å². The normalized spacial score (nSPS) is 17.8. The molecular formula is C20H16ClNO5. The fourth-order valence-corrected chi connectivity index (χ4v) is 3.43. The summed E-state index contributed by atoms with van der Waals surface area (Å²) in [6.45, 7) is 0.105. The molecule has 0 radical (unpaired) electrons. The Morgan fingerprint density at radius 1 is 1.11 bits per heavy atom. The molecule has 1 saturated heterocycles. The lowest BCUT2D eigenvalue weighted by molar-refractivity contribution is -0.181. The maximum absolute atomic E-state index is 12.8. The van der Waals surface area contributed by atoms with E-state index in [1.54, 1.807) is 12.1 Å². The number of amides is 1. The highest BCUT2D eigenvalue weighted by Gasteiger charge is 2.56. The van der Waals surface area contributed by atoms with Crippen molar-refractivity contribution in [1.29, 1.82) is 0 Å². The highest BCUT2D eigenvalue weighted by Crippen LogP contribution is 2.46. The number of hydrogen-bond acceptors (Lipinski definition) is 4. The van der Waals surface area contributed by atoms with Gasteiger partial charge >= 0.3 is 5.97 Å². The smallest absolute Gasteiger partial charge is 0.323 e. The van der Waals surface area contributed by atoms with Crippen LogP contribution in [0, 0.1) is 0 Å². The number of fused-ring (bicyclic) bond motifs is 2. The van der Waals surface area contributed by atoms with Gasteiger partial charge in [0.2, 0.25) is 0 Å². The minimum atomic E-state index is -1.55. The van der Waals surface area contributed by atoms with E-state index in [1.807, 2.05) is 42.5 Å². The molecule has 1 amide bonds. The minimum Gasteiger partial charge on any atom is -0.480 e. The van der Waals surface area contributed by atoms with Gasteiger partial charge in [0, 0.05) is 10.6 Å². The Bertz CT molecular complexity index is 932. The summed E-state index contributed by atoms with van der Waals surface area (Å²) in [7, 11) is 0. The SMILES string of the molecule is O=C(O)CN1C(=O)C2(OCCO2)c2cc(/C=C/c3ccc(Cl)cc3)ccc21. The van der Waals surface area contributed by atoms with Gasteiger partial charge in [-0.1, -0.05) is 42.0 Å². The van der Waals surface area contributed by atoms with E-state index in [9.17, 15) is 9.59 Å². The van der Waals surface area contributed by atoms with Crippen molar-refractivity contribution >= 4 is 41.3 Å². The molecule has 1 fully saturated rings. The summed E-state index contributed by atoms with van der Waals surface area (Å²) in [5, 5.41) is 9.80. The summed E-state index contributed by atoms with van der Waals surface area (Å²) < 4.78 is 11.3. The number of carbonyl (C=O) groups is 2. The summed E-state index contributed by atoms with van der Waals surface area (Å²) in [5.74, 6) is -3.15. The number of carbonyl (C=O) groups excluding carboxylic acids is 1. The van der Waals surface area contributed by atoms with Gasteiger partial charge in [0.1, 0.15) is 6.54 Å². The first kappa shape index (κ1) is 17.7. The Labute approximate surface area is 160 Å². The lowest BCUT2D eigenvalue weighted by atomic mass is 10.0. The molecule has 0 aromatic heterocycles. The van der Waals surface area contributed by atoms with E-state index < -0.39 is 24.2 Å². The molecule has 2 aliphatic rings. The van der Waals surface area contributed by atoms with Crippen LogP contribution in [0.1, 0.15) is 16.7 Å². The first-order valence-corrected chi connectivity index (χ1v) is 8.77. The van der Waals surface area contributed by atoms with Gasteiger partial charge < -0.3 is 14.6 Å². The number of benzene rings is 2. The van der Waals surface area contributed by atoms with Crippen LogP contribution >= 0.6 is 11.6 Å². The Morgan fingerprint density at radius 2 is 1.74 bits per heavy atom. The second-order valence-corrected chi connectivity index (χ2v) is 6.70. The molecule has 2 aromatic carbocycles. The molecule has 2 aromatic rings. The second kappa shape index (κ2) is 6.81. The van der Waals surface area contributed by atoms with Crippen LogP contribution in [0.2, 0.25) is 5.02 Å². The first-order chi connectivity index (χ1) is 13.0. The summed E-state index contributed by atoms with van der Waals surface area (Å²) in [6, 6.07) is 12.7. The maximum atomic E-state index is 12.8. The Hall–Kier alpha value is -2.67. The molecule has 0 unspecified atom stereocenters. The van der Waals surface area contributed by atoms with Gasteiger partial charge in [0.25, 0.3) is 11.7 Å². The van der Waals surface area contributed by atoms with Crippen LogP contribution in [0.25, 0.3) is 12.2 Å². The van der Waals surface area contributed by atoms with Crippen LogP contribution in [0.15, 0.2) is 42.5 Å². The van der Waals surface area contributed by atoms with Crippen molar-refractivity contribution in [2.24, 2.45) is 0 Å². The predicted molar refractivity (Wildman–Crippen MR) is 100 cm³/mol. The van der Waals surface area contributed by atoms with Gasteiger partial charge in [-0.15, -0.1) is 0 Å². The van der Waals surface area contributed by atoms with Gasteiger partial charge in [-0.25, -0.2) is 0 Å². The Balaban J connectivity index is 1.71. The average molecular weight is 386 g/mol. The third-order valence-corrected chi connectivity index (χ3v) is 4.77. The number of carboxylic acid groups (broad SMARTS) is 1. The summed E-state index contributed by atoms with van der Waals surface area (Å²) in [6.07, 6.45) is 3.82. The first-order valence-electron chi connectivity index (χ1n) is 8.39. The number of ether oxygens (including phenoxy) is 2. The molecule has 6 nitrogen and oxygen atoms in total. The van der Waals surface area contributed by atoms with E-state index in [4.69, 9.17) is 26.2 Å². The van der Waals surface area contributed by atoms with Crippen molar-refractivity contribution < 1.29 is 24.2 Å². The molecule has 4 rings (SSSR count). The van der Waals surface area contributed by atoms with Crippen molar-refractivity contribution in [3.63, 3.8) is 0 Å². The molecule has 138 valence electrons. The molecule has 2 aliphatic heterocycles. The predicted octanol–water partition coefficient (Wildman–Crippen LogP) is 3.14.